The van der Waals surface area contributed by atoms with Gasteiger partial charge in [-0.15, -0.1) is 0 Å². The number of benzene rings is 2. The van der Waals surface area contributed by atoms with Gasteiger partial charge < -0.3 is 19.9 Å². The highest BCUT2D eigenvalue weighted by Crippen LogP contribution is 2.30. The number of nitrogens with zero attached hydrogens (tertiary/aromatic N) is 2. The van der Waals surface area contributed by atoms with Gasteiger partial charge in [0.15, 0.2) is 0 Å². The van der Waals surface area contributed by atoms with Gasteiger partial charge >= 0.3 is 0 Å². The van der Waals surface area contributed by atoms with E-state index in [4.69, 9.17) is 9.72 Å². The summed E-state index contributed by atoms with van der Waals surface area (Å²) in [5.74, 6) is 1.08. The Hall–Kier alpha value is -3.45. The van der Waals surface area contributed by atoms with Crippen LogP contribution in [0, 0.1) is 0 Å². The predicted molar refractivity (Wildman–Crippen MR) is 139 cm³/mol. The van der Waals surface area contributed by atoms with Crippen LogP contribution in [0.25, 0.3) is 22.6 Å². The zero-order chi connectivity index (χ0) is 24.0. The molecule has 1 heterocycles. The van der Waals surface area contributed by atoms with Crippen LogP contribution in [0.5, 0.6) is 5.75 Å². The predicted octanol–water partition coefficient (Wildman–Crippen LogP) is 6.07. The molecule has 1 amide bonds. The van der Waals surface area contributed by atoms with E-state index >= 15 is 0 Å². The third-order valence-corrected chi connectivity index (χ3v) is 6.09. The van der Waals surface area contributed by atoms with Crippen LogP contribution in [0.1, 0.15) is 31.3 Å². The molecule has 2 aromatic carbocycles. The smallest absolute Gasteiger partial charge is 0.274 e. The summed E-state index contributed by atoms with van der Waals surface area (Å²) >= 11 is 1.48. The summed E-state index contributed by atoms with van der Waals surface area (Å²) in [5.41, 5.74) is 4.78. The van der Waals surface area contributed by atoms with E-state index in [0.717, 1.165) is 27.4 Å². The van der Waals surface area contributed by atoms with E-state index in [9.17, 15) is 4.79 Å². The third kappa shape index (κ3) is 5.87. The van der Waals surface area contributed by atoms with E-state index < -0.39 is 0 Å². The van der Waals surface area contributed by atoms with Crippen LogP contribution in [-0.2, 0) is 0 Å². The number of imidazole rings is 1. The van der Waals surface area contributed by atoms with Crippen LogP contribution in [0.2, 0.25) is 0 Å². The number of H-pyrrole nitrogens is 1. The average molecular weight is 463 g/mol. The molecular formula is C26H30N4O2S. The van der Waals surface area contributed by atoms with Crippen LogP contribution >= 0.6 is 11.8 Å². The molecule has 3 rings (SSSR count). The van der Waals surface area contributed by atoms with Crippen molar-refractivity contribution in [2.45, 2.75) is 20.8 Å². The maximum Gasteiger partial charge on any atom is 0.274 e. The number of thioether (sulfide) groups is 1. The molecule has 0 radical (unpaired) electrons. The van der Waals surface area contributed by atoms with Crippen LogP contribution in [-0.4, -0.2) is 37.1 Å². The van der Waals surface area contributed by atoms with E-state index in [0.29, 0.717) is 23.0 Å². The Kier molecular flexibility index (Phi) is 8.01. The van der Waals surface area contributed by atoms with Gasteiger partial charge in [-0.2, -0.15) is 0 Å². The molecule has 0 saturated heterocycles. The van der Waals surface area contributed by atoms with Gasteiger partial charge in [0.25, 0.3) is 5.91 Å². The normalized spacial score (nSPS) is 10.8. The monoisotopic (exact) mass is 462 g/mol. The van der Waals surface area contributed by atoms with Crippen molar-refractivity contribution in [3.63, 3.8) is 0 Å². The summed E-state index contributed by atoms with van der Waals surface area (Å²) in [6.45, 7) is 5.89. The Morgan fingerprint density at radius 2 is 1.85 bits per heavy atom. The minimum Gasteiger partial charge on any atom is -0.497 e. The molecule has 0 aliphatic carbocycles. The van der Waals surface area contributed by atoms with Crippen molar-refractivity contribution in [2.24, 2.45) is 0 Å². The highest BCUT2D eigenvalue weighted by Gasteiger charge is 2.21. The van der Waals surface area contributed by atoms with Gasteiger partial charge in [0.2, 0.25) is 0 Å². The molecule has 0 fully saturated rings. The molecule has 6 nitrogen and oxygen atoms in total. The van der Waals surface area contributed by atoms with Crippen molar-refractivity contribution in [1.82, 2.24) is 15.3 Å². The highest BCUT2D eigenvalue weighted by atomic mass is 32.2. The molecule has 33 heavy (non-hydrogen) atoms. The lowest BCUT2D eigenvalue weighted by Crippen LogP contribution is -2.23. The standard InChI is InChI=1S/C26H30N4O2S/c1-7-15-33-26(17(2)3)29-25(31)23-22(19-9-8-10-21(16-19)32-6)27-24(28-23)18-11-13-20(14-12-18)30(4)5/h7-16H,1-6H3,(H,27,28)(H,29,31)/b15-7-. The molecule has 0 unspecified atom stereocenters. The zero-order valence-electron chi connectivity index (χ0n) is 19.9. The summed E-state index contributed by atoms with van der Waals surface area (Å²) in [6, 6.07) is 15.6. The van der Waals surface area contributed by atoms with Gasteiger partial charge in [-0.3, -0.25) is 4.79 Å². The Labute approximate surface area is 199 Å². The van der Waals surface area contributed by atoms with Gasteiger partial charge in [0.1, 0.15) is 23.0 Å². The maximum atomic E-state index is 13.4. The molecule has 0 saturated carbocycles. The number of rotatable bonds is 8. The second-order valence-corrected chi connectivity index (χ2v) is 8.77. The molecule has 3 aromatic rings. The maximum absolute atomic E-state index is 13.4. The van der Waals surface area contributed by atoms with Crippen molar-refractivity contribution >= 4 is 23.4 Å². The van der Waals surface area contributed by atoms with Crippen molar-refractivity contribution < 1.29 is 9.53 Å². The SMILES string of the molecule is C/C=C\SC(NC(=O)c1[nH]c(-c2ccc(N(C)C)cc2)nc1-c1cccc(OC)c1)=C(C)C. The Balaban J connectivity index is 2.06. The zero-order valence-corrected chi connectivity index (χ0v) is 20.7. The van der Waals surface area contributed by atoms with E-state index in [1.807, 2.05) is 99.8 Å². The van der Waals surface area contributed by atoms with Crippen LogP contribution in [0.15, 0.2) is 70.6 Å². The lowest BCUT2D eigenvalue weighted by molar-refractivity contribution is 0.0965. The number of nitrogens with one attached hydrogen (secondary N) is 2. The second-order valence-electron chi connectivity index (χ2n) is 7.85. The number of methoxy groups -OCH3 is 1. The fraction of sp³-hybridized carbons (Fsp3) is 0.231. The molecule has 0 spiro atoms. The molecule has 0 bridgehead atoms. The van der Waals surface area contributed by atoms with Gasteiger partial charge in [-0.25, -0.2) is 4.98 Å². The van der Waals surface area contributed by atoms with Crippen molar-refractivity contribution in [3.05, 3.63) is 76.3 Å². The summed E-state index contributed by atoms with van der Waals surface area (Å²) in [6.07, 6.45) is 1.94. The lowest BCUT2D eigenvalue weighted by atomic mass is 10.1. The Morgan fingerprint density at radius 3 is 2.45 bits per heavy atom. The number of ether oxygens (including phenoxy) is 1. The molecule has 2 N–H and O–H groups in total. The summed E-state index contributed by atoms with van der Waals surface area (Å²) in [4.78, 5) is 23.5. The first kappa shape index (κ1) is 24.2. The first-order valence-corrected chi connectivity index (χ1v) is 11.5. The van der Waals surface area contributed by atoms with E-state index in [-0.39, 0.29) is 5.91 Å². The molecule has 0 atom stereocenters. The first-order valence-electron chi connectivity index (χ1n) is 10.6. The van der Waals surface area contributed by atoms with E-state index in [1.165, 1.54) is 11.8 Å². The first-order chi connectivity index (χ1) is 15.8. The lowest BCUT2D eigenvalue weighted by Gasteiger charge is -2.12. The molecule has 172 valence electrons. The van der Waals surface area contributed by atoms with E-state index in [2.05, 4.69) is 10.3 Å². The average Bonchev–Trinajstić information content (AvgIpc) is 3.27. The van der Waals surface area contributed by atoms with Gasteiger partial charge in [-0.1, -0.05) is 30.0 Å². The van der Waals surface area contributed by atoms with Gasteiger partial charge in [0.05, 0.1) is 12.1 Å². The van der Waals surface area contributed by atoms with Crippen LogP contribution < -0.4 is 15.0 Å². The Morgan fingerprint density at radius 1 is 1.12 bits per heavy atom. The molecule has 0 aliphatic heterocycles. The van der Waals surface area contributed by atoms with Gasteiger partial charge in [-0.05, 0) is 68.2 Å². The molecule has 7 heteroatoms. The molecule has 0 aliphatic rings. The van der Waals surface area contributed by atoms with Gasteiger partial charge in [0, 0.05) is 30.9 Å². The number of anilines is 1. The largest absolute Gasteiger partial charge is 0.497 e. The number of aromatic amines is 1. The fourth-order valence-corrected chi connectivity index (χ4v) is 3.80. The minimum atomic E-state index is -0.246. The Bertz CT molecular complexity index is 1170. The third-order valence-electron chi connectivity index (χ3n) is 4.93. The quantitative estimate of drug-likeness (QED) is 0.425. The topological polar surface area (TPSA) is 70.2 Å². The van der Waals surface area contributed by atoms with Crippen molar-refractivity contribution in [3.8, 4) is 28.4 Å². The summed E-state index contributed by atoms with van der Waals surface area (Å²) < 4.78 is 5.38. The molecular weight excluding hydrogens is 432 g/mol. The number of hydrogen-bond acceptors (Lipinski definition) is 5. The highest BCUT2D eigenvalue weighted by molar-refractivity contribution is 8.05. The minimum absolute atomic E-state index is 0.246. The summed E-state index contributed by atoms with van der Waals surface area (Å²) in [5, 5.41) is 5.77. The van der Waals surface area contributed by atoms with E-state index in [1.54, 1.807) is 7.11 Å². The number of carbonyl (C=O) groups excluding carboxylic acids is 1. The number of amides is 1. The second kappa shape index (κ2) is 10.9. The number of allylic oxidation sites excluding steroid dienone is 2. The number of aromatic nitrogens is 2. The number of hydrogen-bond donors (Lipinski definition) is 2. The van der Waals surface area contributed by atoms with Crippen LogP contribution in [0.3, 0.4) is 0 Å². The number of carbonyl (C=O) groups is 1. The summed E-state index contributed by atoms with van der Waals surface area (Å²) in [7, 11) is 5.62. The molecule has 1 aromatic heterocycles. The van der Waals surface area contributed by atoms with Crippen molar-refractivity contribution in [1.29, 1.82) is 0 Å². The van der Waals surface area contributed by atoms with Crippen LogP contribution in [0.4, 0.5) is 5.69 Å². The fourth-order valence-electron chi connectivity index (χ4n) is 3.14. The van der Waals surface area contributed by atoms with Crippen molar-refractivity contribution in [2.75, 3.05) is 26.1 Å².